The van der Waals surface area contributed by atoms with Gasteiger partial charge in [0.15, 0.2) is 5.82 Å². The molecule has 2 aromatic heterocycles. The zero-order valence-electron chi connectivity index (χ0n) is 10.6. The summed E-state index contributed by atoms with van der Waals surface area (Å²) >= 11 is 3.39. The molecule has 4 nitrogen and oxygen atoms in total. The first-order valence-electron chi connectivity index (χ1n) is 6.10. The van der Waals surface area contributed by atoms with Gasteiger partial charge < -0.3 is 5.32 Å². The summed E-state index contributed by atoms with van der Waals surface area (Å²) in [4.78, 5) is 4.34. The van der Waals surface area contributed by atoms with Crippen LogP contribution in [0.2, 0.25) is 0 Å². The van der Waals surface area contributed by atoms with E-state index in [0.717, 1.165) is 23.3 Å². The highest BCUT2D eigenvalue weighted by atomic mass is 79.9. The number of rotatable bonds is 5. The van der Waals surface area contributed by atoms with Crippen LogP contribution in [-0.2, 0) is 0 Å². The van der Waals surface area contributed by atoms with Crippen molar-refractivity contribution in [3.63, 3.8) is 0 Å². The number of nitrogens with zero attached hydrogens (tertiary/aromatic N) is 3. The predicted molar refractivity (Wildman–Crippen MR) is 75.8 cm³/mol. The number of halogens is 1. The van der Waals surface area contributed by atoms with Gasteiger partial charge in [-0.1, -0.05) is 6.92 Å². The van der Waals surface area contributed by atoms with Crippen LogP contribution in [0.25, 0.3) is 5.82 Å². The first kappa shape index (κ1) is 13.2. The Labute approximate surface area is 116 Å². The molecule has 0 amide bonds. The third kappa shape index (κ3) is 3.17. The Hall–Kier alpha value is -1.20. The van der Waals surface area contributed by atoms with E-state index in [1.807, 2.05) is 18.5 Å². The van der Waals surface area contributed by atoms with E-state index in [4.69, 9.17) is 0 Å². The third-order valence-corrected chi connectivity index (χ3v) is 3.17. The van der Waals surface area contributed by atoms with Crippen LogP contribution >= 0.6 is 15.9 Å². The summed E-state index contributed by atoms with van der Waals surface area (Å²) < 4.78 is 2.71. The molecule has 5 heteroatoms. The maximum atomic E-state index is 4.34. The first-order valence-corrected chi connectivity index (χ1v) is 6.90. The number of hydrogen-bond acceptors (Lipinski definition) is 3. The van der Waals surface area contributed by atoms with Crippen molar-refractivity contribution in [3.05, 3.63) is 40.8 Å². The molecule has 1 N–H and O–H groups in total. The van der Waals surface area contributed by atoms with Crippen molar-refractivity contribution < 1.29 is 0 Å². The maximum Gasteiger partial charge on any atom is 0.153 e. The highest BCUT2D eigenvalue weighted by molar-refractivity contribution is 9.10. The highest BCUT2D eigenvalue weighted by Crippen LogP contribution is 2.16. The summed E-state index contributed by atoms with van der Waals surface area (Å²) in [6.07, 6.45) is 6.61. The fourth-order valence-corrected chi connectivity index (χ4v) is 2.02. The van der Waals surface area contributed by atoms with Crippen LogP contribution in [0.15, 0.2) is 35.2 Å². The second kappa shape index (κ2) is 6.11. The fraction of sp³-hybridized carbons (Fsp3) is 0.385. The summed E-state index contributed by atoms with van der Waals surface area (Å²) in [5.41, 5.74) is 1.22. The van der Waals surface area contributed by atoms with Crippen LogP contribution in [0.5, 0.6) is 0 Å². The van der Waals surface area contributed by atoms with Gasteiger partial charge in [0.1, 0.15) is 0 Å². The molecule has 0 aliphatic heterocycles. The monoisotopic (exact) mass is 308 g/mol. The second-order valence-corrected chi connectivity index (χ2v) is 5.14. The summed E-state index contributed by atoms with van der Waals surface area (Å²) in [7, 11) is 0. The van der Waals surface area contributed by atoms with Crippen molar-refractivity contribution in [2.45, 2.75) is 26.3 Å². The van der Waals surface area contributed by atoms with Gasteiger partial charge in [0.2, 0.25) is 0 Å². The molecule has 0 saturated carbocycles. The molecule has 0 aliphatic carbocycles. The Balaban J connectivity index is 2.19. The highest BCUT2D eigenvalue weighted by Gasteiger charge is 2.07. The predicted octanol–water partition coefficient (Wildman–Crippen LogP) is 3.09. The third-order valence-electron chi connectivity index (χ3n) is 2.76. The molecule has 2 heterocycles. The summed E-state index contributed by atoms with van der Waals surface area (Å²) in [5, 5.41) is 7.70. The molecule has 0 spiro atoms. The van der Waals surface area contributed by atoms with Crippen molar-refractivity contribution in [3.8, 4) is 5.82 Å². The van der Waals surface area contributed by atoms with Gasteiger partial charge in [-0.3, -0.25) is 0 Å². The van der Waals surface area contributed by atoms with E-state index in [0.29, 0.717) is 6.04 Å². The van der Waals surface area contributed by atoms with Gasteiger partial charge in [-0.2, -0.15) is 5.10 Å². The molecule has 96 valence electrons. The molecule has 0 bridgehead atoms. The van der Waals surface area contributed by atoms with Crippen molar-refractivity contribution >= 4 is 15.9 Å². The van der Waals surface area contributed by atoms with E-state index in [9.17, 15) is 0 Å². The summed E-state index contributed by atoms with van der Waals surface area (Å²) in [6.45, 7) is 5.35. The minimum atomic E-state index is 0.325. The molecular formula is C13H17BrN4. The lowest BCUT2D eigenvalue weighted by Gasteiger charge is -2.14. The molecular weight excluding hydrogens is 292 g/mol. The van der Waals surface area contributed by atoms with E-state index >= 15 is 0 Å². The average Bonchev–Trinajstić information content (AvgIpc) is 2.83. The first-order chi connectivity index (χ1) is 8.70. The standard InChI is InChI=1S/C13H17BrN4/c1-3-5-15-10(2)11-4-6-16-13(7-11)18-9-12(14)8-17-18/h4,6-10,15H,3,5H2,1-2H3. The van der Waals surface area contributed by atoms with Gasteiger partial charge in [0, 0.05) is 18.4 Å². The zero-order valence-corrected chi connectivity index (χ0v) is 12.2. The minimum absolute atomic E-state index is 0.325. The van der Waals surface area contributed by atoms with Crippen LogP contribution in [0, 0.1) is 0 Å². The van der Waals surface area contributed by atoms with E-state index in [1.165, 1.54) is 5.56 Å². The quantitative estimate of drug-likeness (QED) is 0.923. The maximum absolute atomic E-state index is 4.34. The van der Waals surface area contributed by atoms with Crippen molar-refractivity contribution in [2.24, 2.45) is 0 Å². The normalized spacial score (nSPS) is 12.6. The average molecular weight is 309 g/mol. The van der Waals surface area contributed by atoms with Crippen molar-refractivity contribution in [1.82, 2.24) is 20.1 Å². The molecule has 18 heavy (non-hydrogen) atoms. The van der Waals surface area contributed by atoms with Gasteiger partial charge in [-0.15, -0.1) is 0 Å². The Morgan fingerprint density at radius 2 is 2.33 bits per heavy atom. The van der Waals surface area contributed by atoms with Crippen LogP contribution in [0.1, 0.15) is 31.9 Å². The minimum Gasteiger partial charge on any atom is -0.310 e. The molecule has 0 fully saturated rings. The number of aromatic nitrogens is 3. The van der Waals surface area contributed by atoms with Gasteiger partial charge in [-0.05, 0) is 53.5 Å². The van der Waals surface area contributed by atoms with Crippen LogP contribution in [0.3, 0.4) is 0 Å². The molecule has 0 radical (unpaired) electrons. The van der Waals surface area contributed by atoms with E-state index in [-0.39, 0.29) is 0 Å². The van der Waals surface area contributed by atoms with Crippen molar-refractivity contribution in [2.75, 3.05) is 6.54 Å². The molecule has 0 saturated heterocycles. The number of hydrogen-bond donors (Lipinski definition) is 1. The second-order valence-electron chi connectivity index (χ2n) is 4.23. The SMILES string of the molecule is CCCNC(C)c1ccnc(-n2cc(Br)cn2)c1. The van der Waals surface area contributed by atoms with E-state index in [1.54, 1.807) is 10.9 Å². The van der Waals surface area contributed by atoms with Crippen molar-refractivity contribution in [1.29, 1.82) is 0 Å². The lowest BCUT2D eigenvalue weighted by molar-refractivity contribution is 0.569. The Kier molecular flexibility index (Phi) is 4.49. The van der Waals surface area contributed by atoms with E-state index in [2.05, 4.69) is 51.2 Å². The van der Waals surface area contributed by atoms with Gasteiger partial charge >= 0.3 is 0 Å². The van der Waals surface area contributed by atoms with Gasteiger partial charge in [0.05, 0.1) is 10.7 Å². The zero-order chi connectivity index (χ0) is 13.0. The van der Waals surface area contributed by atoms with Gasteiger partial charge in [0.25, 0.3) is 0 Å². The largest absolute Gasteiger partial charge is 0.310 e. The lowest BCUT2D eigenvalue weighted by Crippen LogP contribution is -2.19. The topological polar surface area (TPSA) is 42.7 Å². The molecule has 2 rings (SSSR count). The molecule has 0 aromatic carbocycles. The number of pyridine rings is 1. The van der Waals surface area contributed by atoms with Crippen LogP contribution < -0.4 is 5.32 Å². The fourth-order valence-electron chi connectivity index (χ4n) is 1.73. The number of nitrogens with one attached hydrogen (secondary N) is 1. The Morgan fingerprint density at radius 1 is 1.50 bits per heavy atom. The Bertz CT molecular complexity index is 509. The van der Waals surface area contributed by atoms with E-state index < -0.39 is 0 Å². The molecule has 1 unspecified atom stereocenters. The summed E-state index contributed by atoms with van der Waals surface area (Å²) in [6, 6.07) is 4.42. The summed E-state index contributed by atoms with van der Waals surface area (Å²) in [5.74, 6) is 0.836. The molecule has 1 atom stereocenters. The van der Waals surface area contributed by atoms with Crippen LogP contribution in [-0.4, -0.2) is 21.3 Å². The molecule has 2 aromatic rings. The smallest absolute Gasteiger partial charge is 0.153 e. The van der Waals surface area contributed by atoms with Crippen LogP contribution in [0.4, 0.5) is 0 Å². The molecule has 0 aliphatic rings. The lowest BCUT2D eigenvalue weighted by atomic mass is 10.1. The Morgan fingerprint density at radius 3 is 3.00 bits per heavy atom. The van der Waals surface area contributed by atoms with Gasteiger partial charge in [-0.25, -0.2) is 9.67 Å².